The highest BCUT2D eigenvalue weighted by Gasteiger charge is 2.28. The van der Waals surface area contributed by atoms with Crippen molar-refractivity contribution in [3.63, 3.8) is 0 Å². The van der Waals surface area contributed by atoms with E-state index in [9.17, 15) is 0 Å². The van der Waals surface area contributed by atoms with E-state index in [1.165, 1.54) is 0 Å². The number of nitrogens with one attached hydrogen (secondary N) is 2. The first kappa shape index (κ1) is 11.4. The van der Waals surface area contributed by atoms with Crippen molar-refractivity contribution in [2.75, 3.05) is 25.0 Å². The van der Waals surface area contributed by atoms with Gasteiger partial charge in [-0.3, -0.25) is 4.57 Å². The maximum absolute atomic E-state index is 4.33. The Hall–Kier alpha value is -1.10. The average Bonchev–Trinajstić information content (AvgIpc) is 2.58. The summed E-state index contributed by atoms with van der Waals surface area (Å²) >= 11 is 0. The molecule has 1 aliphatic heterocycles. The molecule has 5 nitrogen and oxygen atoms in total. The van der Waals surface area contributed by atoms with E-state index in [2.05, 4.69) is 46.2 Å². The lowest BCUT2D eigenvalue weighted by atomic mass is 9.88. The van der Waals surface area contributed by atoms with Crippen LogP contribution in [0, 0.1) is 5.92 Å². The van der Waals surface area contributed by atoms with Crippen molar-refractivity contribution in [1.29, 1.82) is 0 Å². The van der Waals surface area contributed by atoms with Crippen molar-refractivity contribution in [2.24, 2.45) is 5.92 Å². The molecule has 0 radical (unpaired) electrons. The Bertz CT molecular complexity index is 342. The lowest BCUT2D eigenvalue weighted by Crippen LogP contribution is -2.45. The molecule has 1 aromatic heterocycles. The molecular formula is C11H21N5. The standard InChI is InChI=1S/C11H21N5/c1-4-13-11-15-14-10(16(11)5-2)8(3)9-6-12-7-9/h8-9,12H,4-7H2,1-3H3,(H,13,15). The monoisotopic (exact) mass is 223 g/mol. The molecule has 1 atom stereocenters. The third kappa shape index (κ3) is 1.91. The van der Waals surface area contributed by atoms with Gasteiger partial charge in [-0.05, 0) is 32.9 Å². The molecule has 0 aromatic carbocycles. The Morgan fingerprint density at radius 3 is 2.69 bits per heavy atom. The van der Waals surface area contributed by atoms with Crippen molar-refractivity contribution in [3.05, 3.63) is 5.82 Å². The Balaban J connectivity index is 2.18. The van der Waals surface area contributed by atoms with Gasteiger partial charge in [0.15, 0.2) is 0 Å². The molecule has 1 unspecified atom stereocenters. The summed E-state index contributed by atoms with van der Waals surface area (Å²) in [6.45, 7) is 10.5. The molecule has 16 heavy (non-hydrogen) atoms. The summed E-state index contributed by atoms with van der Waals surface area (Å²) in [4.78, 5) is 0. The summed E-state index contributed by atoms with van der Waals surface area (Å²) in [6, 6.07) is 0. The van der Waals surface area contributed by atoms with Gasteiger partial charge >= 0.3 is 0 Å². The molecule has 1 saturated heterocycles. The minimum atomic E-state index is 0.487. The van der Waals surface area contributed by atoms with Crippen LogP contribution in [0.15, 0.2) is 0 Å². The van der Waals surface area contributed by atoms with Crippen molar-refractivity contribution in [2.45, 2.75) is 33.2 Å². The highest BCUT2D eigenvalue weighted by molar-refractivity contribution is 5.26. The number of hydrogen-bond acceptors (Lipinski definition) is 4. The molecule has 90 valence electrons. The fourth-order valence-corrected chi connectivity index (χ4v) is 2.13. The zero-order valence-corrected chi connectivity index (χ0v) is 10.3. The lowest BCUT2D eigenvalue weighted by molar-refractivity contribution is 0.291. The molecule has 1 aliphatic rings. The van der Waals surface area contributed by atoms with Crippen LogP contribution in [0.25, 0.3) is 0 Å². The van der Waals surface area contributed by atoms with Gasteiger partial charge < -0.3 is 10.6 Å². The van der Waals surface area contributed by atoms with Gasteiger partial charge in [0.05, 0.1) is 0 Å². The second kappa shape index (κ2) is 4.82. The fraction of sp³-hybridized carbons (Fsp3) is 0.818. The fourth-order valence-electron chi connectivity index (χ4n) is 2.13. The quantitative estimate of drug-likeness (QED) is 0.783. The van der Waals surface area contributed by atoms with Gasteiger partial charge in [-0.25, -0.2) is 0 Å². The van der Waals surface area contributed by atoms with Crippen molar-refractivity contribution in [1.82, 2.24) is 20.1 Å². The van der Waals surface area contributed by atoms with Crippen LogP contribution in [0.4, 0.5) is 5.95 Å². The van der Waals surface area contributed by atoms with Crippen molar-refractivity contribution in [3.8, 4) is 0 Å². The van der Waals surface area contributed by atoms with Gasteiger partial charge in [0.1, 0.15) is 5.82 Å². The molecule has 0 spiro atoms. The van der Waals surface area contributed by atoms with E-state index in [-0.39, 0.29) is 0 Å². The van der Waals surface area contributed by atoms with E-state index in [0.717, 1.165) is 38.0 Å². The lowest BCUT2D eigenvalue weighted by Gasteiger charge is -2.32. The third-order valence-electron chi connectivity index (χ3n) is 3.36. The van der Waals surface area contributed by atoms with Crippen LogP contribution in [0.2, 0.25) is 0 Å². The molecular weight excluding hydrogens is 202 g/mol. The van der Waals surface area contributed by atoms with E-state index < -0.39 is 0 Å². The van der Waals surface area contributed by atoms with Gasteiger partial charge in [0, 0.05) is 19.0 Å². The van der Waals surface area contributed by atoms with Crippen molar-refractivity contribution < 1.29 is 0 Å². The number of rotatable bonds is 5. The average molecular weight is 223 g/mol. The zero-order valence-electron chi connectivity index (χ0n) is 10.3. The largest absolute Gasteiger partial charge is 0.355 e. The third-order valence-corrected chi connectivity index (χ3v) is 3.36. The van der Waals surface area contributed by atoms with E-state index in [1.54, 1.807) is 0 Å². The number of nitrogens with zero attached hydrogens (tertiary/aromatic N) is 3. The predicted octanol–water partition coefficient (Wildman–Crippen LogP) is 1.05. The van der Waals surface area contributed by atoms with Crippen LogP contribution in [0.5, 0.6) is 0 Å². The first-order valence-corrected chi connectivity index (χ1v) is 6.15. The first-order chi connectivity index (χ1) is 7.77. The van der Waals surface area contributed by atoms with Gasteiger partial charge in [-0.2, -0.15) is 0 Å². The van der Waals surface area contributed by atoms with Crippen LogP contribution in [0.1, 0.15) is 32.5 Å². The minimum absolute atomic E-state index is 0.487. The number of hydrogen-bond donors (Lipinski definition) is 2. The van der Waals surface area contributed by atoms with Crippen LogP contribution in [0.3, 0.4) is 0 Å². The van der Waals surface area contributed by atoms with Crippen LogP contribution in [-0.2, 0) is 6.54 Å². The maximum atomic E-state index is 4.33. The van der Waals surface area contributed by atoms with E-state index >= 15 is 0 Å². The molecule has 2 rings (SSSR count). The Morgan fingerprint density at radius 1 is 1.44 bits per heavy atom. The smallest absolute Gasteiger partial charge is 0.224 e. The summed E-state index contributed by atoms with van der Waals surface area (Å²) in [7, 11) is 0. The molecule has 2 heterocycles. The Morgan fingerprint density at radius 2 is 2.19 bits per heavy atom. The molecule has 0 bridgehead atoms. The summed E-state index contributed by atoms with van der Waals surface area (Å²) < 4.78 is 2.19. The highest BCUT2D eigenvalue weighted by Crippen LogP contribution is 2.27. The Kier molecular flexibility index (Phi) is 3.43. The minimum Gasteiger partial charge on any atom is -0.355 e. The van der Waals surface area contributed by atoms with Crippen LogP contribution in [-0.4, -0.2) is 34.4 Å². The second-order valence-electron chi connectivity index (χ2n) is 4.36. The molecule has 1 fully saturated rings. The summed E-state index contributed by atoms with van der Waals surface area (Å²) in [5, 5.41) is 15.1. The topological polar surface area (TPSA) is 54.8 Å². The molecule has 0 aliphatic carbocycles. The number of aromatic nitrogens is 3. The van der Waals surface area contributed by atoms with Gasteiger partial charge in [-0.15, -0.1) is 10.2 Å². The van der Waals surface area contributed by atoms with E-state index in [4.69, 9.17) is 0 Å². The van der Waals surface area contributed by atoms with Gasteiger partial charge in [-0.1, -0.05) is 6.92 Å². The summed E-state index contributed by atoms with van der Waals surface area (Å²) in [5.41, 5.74) is 0. The Labute approximate surface area is 96.6 Å². The predicted molar refractivity (Wildman–Crippen MR) is 64.6 cm³/mol. The highest BCUT2D eigenvalue weighted by atomic mass is 15.3. The normalized spacial score (nSPS) is 18.2. The zero-order chi connectivity index (χ0) is 11.5. The van der Waals surface area contributed by atoms with Gasteiger partial charge in [0.25, 0.3) is 0 Å². The van der Waals surface area contributed by atoms with Crippen molar-refractivity contribution >= 4 is 5.95 Å². The maximum Gasteiger partial charge on any atom is 0.224 e. The SMILES string of the molecule is CCNc1nnc(C(C)C2CNC2)n1CC. The van der Waals surface area contributed by atoms with Crippen LogP contribution >= 0.6 is 0 Å². The van der Waals surface area contributed by atoms with E-state index in [0.29, 0.717) is 11.8 Å². The van der Waals surface area contributed by atoms with Crippen LogP contribution < -0.4 is 10.6 Å². The molecule has 1 aromatic rings. The summed E-state index contributed by atoms with van der Waals surface area (Å²) in [5.74, 6) is 3.22. The summed E-state index contributed by atoms with van der Waals surface area (Å²) in [6.07, 6.45) is 0. The molecule has 0 saturated carbocycles. The molecule has 5 heteroatoms. The molecule has 0 amide bonds. The van der Waals surface area contributed by atoms with E-state index in [1.807, 2.05) is 0 Å². The van der Waals surface area contributed by atoms with Gasteiger partial charge in [0.2, 0.25) is 5.95 Å². The second-order valence-corrected chi connectivity index (χ2v) is 4.36. The number of anilines is 1. The molecule has 2 N–H and O–H groups in total. The first-order valence-electron chi connectivity index (χ1n) is 6.15.